The summed E-state index contributed by atoms with van der Waals surface area (Å²) in [6, 6.07) is 4.78. The SMILES string of the molecule is O=C(O)C1CCCN1c1cccc(Cl)c1Cl. The highest BCUT2D eigenvalue weighted by molar-refractivity contribution is 6.43. The van der Waals surface area contributed by atoms with Crippen molar-refractivity contribution >= 4 is 34.9 Å². The third-order valence-corrected chi connectivity index (χ3v) is 3.59. The van der Waals surface area contributed by atoms with Crippen molar-refractivity contribution in [2.75, 3.05) is 11.4 Å². The minimum absolute atomic E-state index is 0.428. The highest BCUT2D eigenvalue weighted by Crippen LogP contribution is 2.36. The van der Waals surface area contributed by atoms with E-state index in [0.717, 1.165) is 6.42 Å². The number of benzene rings is 1. The molecule has 1 aliphatic rings. The lowest BCUT2D eigenvalue weighted by Crippen LogP contribution is -2.36. The van der Waals surface area contributed by atoms with Crippen molar-refractivity contribution < 1.29 is 9.90 Å². The zero-order valence-corrected chi connectivity index (χ0v) is 10.0. The molecule has 0 radical (unpaired) electrons. The fourth-order valence-electron chi connectivity index (χ4n) is 2.03. The molecular weight excluding hydrogens is 249 g/mol. The van der Waals surface area contributed by atoms with E-state index in [0.29, 0.717) is 28.7 Å². The molecule has 1 saturated heterocycles. The summed E-state index contributed by atoms with van der Waals surface area (Å²) in [6.45, 7) is 0.705. The summed E-state index contributed by atoms with van der Waals surface area (Å²) < 4.78 is 0. The van der Waals surface area contributed by atoms with Crippen LogP contribution in [0.3, 0.4) is 0 Å². The van der Waals surface area contributed by atoms with Gasteiger partial charge in [0.1, 0.15) is 6.04 Å². The lowest BCUT2D eigenvalue weighted by molar-refractivity contribution is -0.138. The Hall–Kier alpha value is -0.930. The van der Waals surface area contributed by atoms with Gasteiger partial charge in [-0.15, -0.1) is 0 Å². The molecule has 1 fully saturated rings. The fourth-order valence-corrected chi connectivity index (χ4v) is 2.43. The second-order valence-electron chi connectivity index (χ2n) is 3.76. The van der Waals surface area contributed by atoms with Gasteiger partial charge in [0, 0.05) is 6.54 Å². The zero-order valence-electron chi connectivity index (χ0n) is 8.49. The minimum Gasteiger partial charge on any atom is -0.480 e. The number of carboxylic acids is 1. The maximum atomic E-state index is 11.1. The molecule has 0 saturated carbocycles. The van der Waals surface area contributed by atoms with E-state index in [4.69, 9.17) is 28.3 Å². The number of hydrogen-bond donors (Lipinski definition) is 1. The first kappa shape index (κ1) is 11.6. The summed E-state index contributed by atoms with van der Waals surface area (Å²) in [6.07, 6.45) is 1.51. The van der Waals surface area contributed by atoms with Crippen molar-refractivity contribution in [1.29, 1.82) is 0 Å². The summed E-state index contributed by atoms with van der Waals surface area (Å²) in [4.78, 5) is 12.9. The maximum absolute atomic E-state index is 11.1. The van der Waals surface area contributed by atoms with E-state index in [1.165, 1.54) is 0 Å². The molecule has 1 atom stereocenters. The number of halogens is 2. The van der Waals surface area contributed by atoms with Gasteiger partial charge in [-0.1, -0.05) is 29.3 Å². The first-order chi connectivity index (χ1) is 7.61. The second-order valence-corrected chi connectivity index (χ2v) is 4.55. The van der Waals surface area contributed by atoms with Crippen LogP contribution in [0, 0.1) is 0 Å². The van der Waals surface area contributed by atoms with Gasteiger partial charge in [0.2, 0.25) is 0 Å². The molecule has 1 aromatic carbocycles. The average Bonchev–Trinajstić information content (AvgIpc) is 2.70. The van der Waals surface area contributed by atoms with Gasteiger partial charge >= 0.3 is 5.97 Å². The van der Waals surface area contributed by atoms with Gasteiger partial charge < -0.3 is 10.0 Å². The Balaban J connectivity index is 2.36. The van der Waals surface area contributed by atoms with Crippen LogP contribution < -0.4 is 4.90 Å². The Morgan fingerprint density at radius 2 is 2.19 bits per heavy atom. The van der Waals surface area contributed by atoms with Crippen LogP contribution in [0.1, 0.15) is 12.8 Å². The molecule has 1 aliphatic heterocycles. The Morgan fingerprint density at radius 3 is 2.88 bits per heavy atom. The number of anilines is 1. The average molecular weight is 260 g/mol. The van der Waals surface area contributed by atoms with E-state index in [1.807, 2.05) is 0 Å². The predicted molar refractivity (Wildman–Crippen MR) is 64.5 cm³/mol. The van der Waals surface area contributed by atoms with E-state index in [-0.39, 0.29) is 0 Å². The van der Waals surface area contributed by atoms with E-state index < -0.39 is 12.0 Å². The molecule has 0 spiro atoms. The molecule has 16 heavy (non-hydrogen) atoms. The highest BCUT2D eigenvalue weighted by atomic mass is 35.5. The first-order valence-electron chi connectivity index (χ1n) is 5.04. The summed E-state index contributed by atoms with van der Waals surface area (Å²) >= 11 is 12.0. The molecular formula is C11H11Cl2NO2. The largest absolute Gasteiger partial charge is 0.480 e. The summed E-state index contributed by atoms with van der Waals surface area (Å²) in [5.74, 6) is -0.812. The van der Waals surface area contributed by atoms with E-state index in [2.05, 4.69) is 0 Å². The van der Waals surface area contributed by atoms with Crippen molar-refractivity contribution in [3.63, 3.8) is 0 Å². The number of hydrogen-bond acceptors (Lipinski definition) is 2. The summed E-state index contributed by atoms with van der Waals surface area (Å²) in [5.41, 5.74) is 0.707. The van der Waals surface area contributed by atoms with E-state index >= 15 is 0 Å². The number of nitrogens with zero attached hydrogens (tertiary/aromatic N) is 1. The molecule has 0 bridgehead atoms. The summed E-state index contributed by atoms with van der Waals surface area (Å²) in [7, 11) is 0. The van der Waals surface area contributed by atoms with Gasteiger partial charge in [-0.05, 0) is 25.0 Å². The van der Waals surface area contributed by atoms with Crippen LogP contribution in [0.25, 0.3) is 0 Å². The first-order valence-corrected chi connectivity index (χ1v) is 5.80. The summed E-state index contributed by atoms with van der Waals surface area (Å²) in [5, 5.41) is 9.97. The number of rotatable bonds is 2. The van der Waals surface area contributed by atoms with Gasteiger partial charge in [0.05, 0.1) is 15.7 Å². The zero-order chi connectivity index (χ0) is 11.7. The third kappa shape index (κ3) is 1.97. The Kier molecular flexibility index (Phi) is 3.26. The molecule has 5 heteroatoms. The minimum atomic E-state index is -0.812. The van der Waals surface area contributed by atoms with Crippen LogP contribution in [-0.4, -0.2) is 23.7 Å². The van der Waals surface area contributed by atoms with Crippen molar-refractivity contribution in [3.05, 3.63) is 28.2 Å². The van der Waals surface area contributed by atoms with Gasteiger partial charge in [0.15, 0.2) is 0 Å². The molecule has 1 heterocycles. The van der Waals surface area contributed by atoms with Crippen molar-refractivity contribution in [2.45, 2.75) is 18.9 Å². The molecule has 1 aromatic rings. The lowest BCUT2D eigenvalue weighted by Gasteiger charge is -2.24. The van der Waals surface area contributed by atoms with Gasteiger partial charge in [-0.2, -0.15) is 0 Å². The normalized spacial score (nSPS) is 20.1. The fraction of sp³-hybridized carbons (Fsp3) is 0.364. The van der Waals surface area contributed by atoms with Crippen LogP contribution >= 0.6 is 23.2 Å². The van der Waals surface area contributed by atoms with Crippen LogP contribution in [0.15, 0.2) is 18.2 Å². The van der Waals surface area contributed by atoms with Crippen LogP contribution in [-0.2, 0) is 4.79 Å². The molecule has 3 nitrogen and oxygen atoms in total. The smallest absolute Gasteiger partial charge is 0.326 e. The monoisotopic (exact) mass is 259 g/mol. The standard InChI is InChI=1S/C11H11Cl2NO2/c12-7-3-1-4-8(10(7)13)14-6-2-5-9(14)11(15)16/h1,3-4,9H,2,5-6H2,(H,15,16). The highest BCUT2D eigenvalue weighted by Gasteiger charge is 2.31. The number of carboxylic acid groups (broad SMARTS) is 1. The van der Waals surface area contributed by atoms with Gasteiger partial charge in [-0.25, -0.2) is 4.79 Å². The van der Waals surface area contributed by atoms with Gasteiger partial charge in [0.25, 0.3) is 0 Å². The molecule has 2 rings (SSSR count). The Bertz CT molecular complexity index is 422. The third-order valence-electron chi connectivity index (χ3n) is 2.78. The molecule has 1 unspecified atom stereocenters. The molecule has 86 valence electrons. The quantitative estimate of drug-likeness (QED) is 0.888. The van der Waals surface area contributed by atoms with Crippen LogP contribution in [0.2, 0.25) is 10.0 Å². The Morgan fingerprint density at radius 1 is 1.44 bits per heavy atom. The lowest BCUT2D eigenvalue weighted by atomic mass is 10.2. The van der Waals surface area contributed by atoms with Crippen LogP contribution in [0.5, 0.6) is 0 Å². The van der Waals surface area contributed by atoms with Crippen molar-refractivity contribution in [3.8, 4) is 0 Å². The van der Waals surface area contributed by atoms with E-state index in [1.54, 1.807) is 23.1 Å². The molecule has 0 amide bonds. The number of carbonyl (C=O) groups is 1. The topological polar surface area (TPSA) is 40.5 Å². The van der Waals surface area contributed by atoms with Crippen molar-refractivity contribution in [2.24, 2.45) is 0 Å². The van der Waals surface area contributed by atoms with E-state index in [9.17, 15) is 4.79 Å². The number of aliphatic carboxylic acids is 1. The van der Waals surface area contributed by atoms with Crippen LogP contribution in [0.4, 0.5) is 5.69 Å². The van der Waals surface area contributed by atoms with Gasteiger partial charge in [-0.3, -0.25) is 0 Å². The molecule has 0 aliphatic carbocycles. The predicted octanol–water partition coefficient (Wildman–Crippen LogP) is 3.05. The molecule has 1 N–H and O–H groups in total. The Labute approximate surface area is 104 Å². The second kappa shape index (κ2) is 4.52. The molecule has 0 aromatic heterocycles. The maximum Gasteiger partial charge on any atom is 0.326 e. The van der Waals surface area contributed by atoms with Crippen molar-refractivity contribution in [1.82, 2.24) is 0 Å².